The molecule has 2 aromatic heterocycles. The average molecular weight is 1550 g/mol. The largest absolute Gasteiger partial charge is 0.461 e. The molecule has 0 spiro atoms. The third-order valence-corrected chi connectivity index (χ3v) is 18.8. The number of ketones is 1. The number of cyclic esters (lactones) is 1. The number of hydrogen-bond acceptors (Lipinski definition) is 27. The Morgan fingerprint density at radius 2 is 1.38 bits per heavy atom. The summed E-state index contributed by atoms with van der Waals surface area (Å²) < 4.78 is 57.1. The highest BCUT2D eigenvalue weighted by Gasteiger charge is 2.49. The van der Waals surface area contributed by atoms with Crippen LogP contribution in [0.2, 0.25) is 0 Å². The predicted molar refractivity (Wildman–Crippen MR) is 406 cm³/mol. The maximum absolute atomic E-state index is 14.4. The van der Waals surface area contributed by atoms with Gasteiger partial charge in [0.2, 0.25) is 23.6 Å². The highest BCUT2D eigenvalue weighted by molar-refractivity contribution is 6.13. The van der Waals surface area contributed by atoms with Crippen molar-refractivity contribution < 1.29 is 95.4 Å². The SMILES string of the molecule is CCC1(CC(=O)OCc2ccc(NC(=O)C(CCCCN)NC(=O)COCC(=O)NCCC(=O)CCOCCOCCOCCOCCOCCOCCOCCN(N)C=C(N)CNC(=O)C3CCC(CN4C(=O)C=CC4=O)CC3)cc2)C(=O)OCc2c1cc1n(c2=O)Cc2c-1nc1ccccc1c2C=NOC(C)(C)C. The summed E-state index contributed by atoms with van der Waals surface area (Å²) in [6, 6.07) is 14.9. The lowest BCUT2D eigenvalue weighted by molar-refractivity contribution is -0.161. The van der Waals surface area contributed by atoms with Gasteiger partial charge in [-0.05, 0) is 120 Å². The lowest BCUT2D eigenvalue weighted by Crippen LogP contribution is -2.46. The number of pyridine rings is 2. The van der Waals surface area contributed by atoms with Crippen molar-refractivity contribution in [1.82, 2.24) is 35.4 Å². The van der Waals surface area contributed by atoms with Crippen LogP contribution in [0.1, 0.15) is 126 Å². The van der Waals surface area contributed by atoms with E-state index in [1.54, 1.807) is 54.2 Å². The number of nitrogens with zero attached hydrogens (tertiary/aromatic N) is 5. The van der Waals surface area contributed by atoms with Crippen LogP contribution in [-0.4, -0.2) is 229 Å². The molecule has 1 aliphatic carbocycles. The molecule has 5 heterocycles. The number of benzene rings is 2. The van der Waals surface area contributed by atoms with Crippen molar-refractivity contribution in [3.05, 3.63) is 117 Å². The standard InChI is InChI=1S/C78H108N12O21/c1-5-78(63-42-66-72-61(48-89(66)75(99)62(63)50-110-76(78)100)60(45-84-111-77(2,3)4)59-10-6-7-11-64(59)87-72)43-71(96)109-49-54-15-19-57(20-16-54)85-74(98)65(12-8-9-25-79)86-68(93)52-108-51-67(92)82-26-23-58(91)24-28-101-30-32-103-34-36-105-38-40-107-41-39-106-37-35-104-33-31-102-29-27-88(81)47-56(80)44-83-73(97)55-17-13-53(14-18-55)46-90-69(94)21-22-70(90)95/h6-7,10-11,15-16,19-22,42,45,47,53,55,65H,5,8-9,12-14,17-18,23-41,43-44,46,48-52,79-81H2,1-4H3,(H,82,92)(H,83,97)(H,85,98)(H,86,93). The zero-order chi connectivity index (χ0) is 79.6. The van der Waals surface area contributed by atoms with Crippen LogP contribution in [0.5, 0.6) is 0 Å². The Kier molecular flexibility index (Phi) is 35.5. The van der Waals surface area contributed by atoms with E-state index in [0.717, 1.165) is 29.4 Å². The van der Waals surface area contributed by atoms with Crippen molar-refractivity contribution in [1.29, 1.82) is 0 Å². The summed E-state index contributed by atoms with van der Waals surface area (Å²) in [7, 11) is 0. The first kappa shape index (κ1) is 87.2. The molecular formula is C78H108N12O21. The highest BCUT2D eigenvalue weighted by atomic mass is 16.6. The molecule has 0 saturated heterocycles. The first-order valence-electron chi connectivity index (χ1n) is 37.9. The Bertz CT molecular complexity index is 3930. The summed E-state index contributed by atoms with van der Waals surface area (Å²) in [6.45, 7) is 12.5. The van der Waals surface area contributed by atoms with Crippen molar-refractivity contribution in [3.8, 4) is 11.4 Å². The van der Waals surface area contributed by atoms with E-state index < -0.39 is 66.4 Å². The third kappa shape index (κ3) is 27.8. The van der Waals surface area contributed by atoms with Crippen LogP contribution in [0.25, 0.3) is 22.3 Å². The van der Waals surface area contributed by atoms with E-state index in [1.165, 1.54) is 22.1 Å². The monoisotopic (exact) mass is 1550 g/mol. The Morgan fingerprint density at radius 1 is 0.757 bits per heavy atom. The second-order valence-corrected chi connectivity index (χ2v) is 28.2. The summed E-state index contributed by atoms with van der Waals surface area (Å²) in [5.41, 5.74) is 14.6. The number of oxime groups is 1. The number of rotatable bonds is 51. The van der Waals surface area contributed by atoms with Crippen LogP contribution in [0.15, 0.2) is 88.6 Å². The molecule has 6 amide bonds. The normalized spacial score (nSPS) is 17.0. The van der Waals surface area contributed by atoms with Crippen LogP contribution in [0, 0.1) is 11.8 Å². The summed E-state index contributed by atoms with van der Waals surface area (Å²) in [5, 5.41) is 17.4. The van der Waals surface area contributed by atoms with Crippen LogP contribution < -0.4 is 44.1 Å². The second-order valence-electron chi connectivity index (χ2n) is 28.2. The van der Waals surface area contributed by atoms with Gasteiger partial charge in [-0.2, -0.15) is 0 Å². The van der Waals surface area contributed by atoms with Gasteiger partial charge in [0.15, 0.2) is 0 Å². The summed E-state index contributed by atoms with van der Waals surface area (Å²) in [6.07, 6.45) is 9.94. The van der Waals surface area contributed by atoms with Gasteiger partial charge in [-0.3, -0.25) is 52.8 Å². The van der Waals surface area contributed by atoms with Gasteiger partial charge in [0.05, 0.1) is 147 Å². The van der Waals surface area contributed by atoms with Crippen LogP contribution >= 0.6 is 0 Å². The minimum Gasteiger partial charge on any atom is -0.461 e. The number of aromatic nitrogens is 2. The van der Waals surface area contributed by atoms with E-state index in [9.17, 15) is 47.9 Å². The van der Waals surface area contributed by atoms with Gasteiger partial charge in [0.1, 0.15) is 49.3 Å². The number of imide groups is 1. The number of para-hydroxylation sites is 1. The van der Waals surface area contributed by atoms with E-state index in [2.05, 4.69) is 26.4 Å². The molecule has 1 saturated carbocycles. The van der Waals surface area contributed by atoms with Gasteiger partial charge in [-0.15, -0.1) is 0 Å². The minimum absolute atomic E-state index is 0.0585. The first-order valence-corrected chi connectivity index (χ1v) is 37.9. The van der Waals surface area contributed by atoms with Crippen LogP contribution in [0.4, 0.5) is 5.69 Å². The molecule has 2 atom stereocenters. The summed E-state index contributed by atoms with van der Waals surface area (Å²) in [4.78, 5) is 142. The molecule has 111 heavy (non-hydrogen) atoms. The molecule has 10 N–H and O–H groups in total. The molecular weight excluding hydrogens is 1440 g/mol. The number of fused-ring (bicyclic) bond motifs is 5. The third-order valence-electron chi connectivity index (χ3n) is 18.8. The molecule has 1 fully saturated rings. The number of nitrogens with one attached hydrogen (secondary N) is 4. The fourth-order valence-electron chi connectivity index (χ4n) is 12.9. The number of hydrogen-bond donors (Lipinski definition) is 7. The Hall–Kier alpha value is -9.42. The lowest BCUT2D eigenvalue weighted by Gasteiger charge is -2.35. The molecule has 606 valence electrons. The van der Waals surface area contributed by atoms with Crippen molar-refractivity contribution in [2.24, 2.45) is 34.3 Å². The number of esters is 2. The molecule has 33 nitrogen and oxygen atoms in total. The zero-order valence-corrected chi connectivity index (χ0v) is 64.0. The number of unbranched alkanes of at least 4 members (excludes halogenated alkanes) is 1. The smallest absolute Gasteiger partial charge is 0.317 e. The predicted octanol–water partition coefficient (Wildman–Crippen LogP) is 3.39. The van der Waals surface area contributed by atoms with Gasteiger partial charge in [0, 0.05) is 78.1 Å². The molecule has 2 unspecified atom stereocenters. The molecule has 33 heteroatoms. The second kappa shape index (κ2) is 45.2. The fourth-order valence-corrected chi connectivity index (χ4v) is 12.9. The van der Waals surface area contributed by atoms with Crippen molar-refractivity contribution in [2.45, 2.75) is 135 Å². The fraction of sp³-hybridized carbons (Fsp3) is 0.564. The molecule has 4 aliphatic rings. The first-order chi connectivity index (χ1) is 53.6. The van der Waals surface area contributed by atoms with Gasteiger partial charge in [0.25, 0.3) is 17.4 Å². The Labute approximate surface area is 645 Å². The van der Waals surface area contributed by atoms with Crippen molar-refractivity contribution in [3.63, 3.8) is 0 Å². The van der Waals surface area contributed by atoms with Crippen LogP contribution in [-0.2, 0) is 121 Å². The zero-order valence-electron chi connectivity index (χ0n) is 64.0. The number of ether oxygens (including phenoxy) is 10. The van der Waals surface area contributed by atoms with Crippen LogP contribution in [0.3, 0.4) is 0 Å². The number of carbonyl (C=O) groups is 9. The van der Waals surface area contributed by atoms with Crippen molar-refractivity contribution in [2.75, 3.05) is 144 Å². The van der Waals surface area contributed by atoms with E-state index >= 15 is 0 Å². The number of nitrogens with two attached hydrogens (primary N) is 3. The number of amides is 6. The van der Waals surface area contributed by atoms with Gasteiger partial charge < -0.3 is 94.5 Å². The summed E-state index contributed by atoms with van der Waals surface area (Å²) in [5.74, 6) is 2.25. The minimum atomic E-state index is -1.54. The number of Topliss-reactive ketones (excluding diaryl/α,β-unsaturated/α-hetero) is 1. The number of anilines is 1. The number of hydrazine groups is 1. The maximum Gasteiger partial charge on any atom is 0.317 e. The molecule has 0 radical (unpaired) electrons. The number of carbonyl (C=O) groups excluding carboxylic acids is 9. The molecule has 8 rings (SSSR count). The summed E-state index contributed by atoms with van der Waals surface area (Å²) >= 11 is 0. The van der Waals surface area contributed by atoms with E-state index in [0.29, 0.717) is 164 Å². The Balaban J connectivity index is 0.597. The maximum atomic E-state index is 14.4. The van der Waals surface area contributed by atoms with Gasteiger partial charge >= 0.3 is 11.9 Å². The van der Waals surface area contributed by atoms with E-state index in [4.69, 9.17) is 74.5 Å². The molecule has 0 bridgehead atoms. The Morgan fingerprint density at radius 3 is 2.01 bits per heavy atom. The topological polar surface area (TPSA) is 435 Å². The van der Waals surface area contributed by atoms with Gasteiger partial charge in [-0.25, -0.2) is 10.8 Å². The molecule has 4 aromatic rings. The molecule has 3 aliphatic heterocycles. The molecule has 2 aromatic carbocycles. The van der Waals surface area contributed by atoms with E-state index in [-0.39, 0.29) is 118 Å². The highest BCUT2D eigenvalue weighted by Crippen LogP contribution is 2.43. The van der Waals surface area contributed by atoms with E-state index in [1.807, 2.05) is 45.0 Å². The van der Waals surface area contributed by atoms with Gasteiger partial charge in [-0.1, -0.05) is 42.4 Å². The lowest BCUT2D eigenvalue weighted by atomic mass is 9.72. The van der Waals surface area contributed by atoms with Crippen molar-refractivity contribution >= 4 is 76.0 Å². The average Bonchev–Trinajstić information content (AvgIpc) is 1.62. The quantitative estimate of drug-likeness (QED) is 0.00732.